The van der Waals surface area contributed by atoms with E-state index in [-0.39, 0.29) is 30.9 Å². The molecular weight excluding hydrogens is 374 g/mol. The molecule has 8 heteroatoms. The minimum Gasteiger partial charge on any atom is -0.481 e. The number of hydrogen-bond donors (Lipinski definition) is 2. The first-order chi connectivity index (χ1) is 10.2. The Hall–Kier alpha value is -1.41. The number of halogens is 1. The van der Waals surface area contributed by atoms with Crippen LogP contribution >= 0.6 is 15.9 Å². The molecule has 22 heavy (non-hydrogen) atoms. The zero-order chi connectivity index (χ0) is 16.8. The summed E-state index contributed by atoms with van der Waals surface area (Å²) in [5.41, 5.74) is 0.682. The number of hydrogen-bond acceptors (Lipinski definition) is 4. The van der Waals surface area contributed by atoms with E-state index in [9.17, 15) is 18.0 Å². The molecule has 0 aliphatic carbocycles. The van der Waals surface area contributed by atoms with Crippen molar-refractivity contribution >= 4 is 37.6 Å². The van der Waals surface area contributed by atoms with Crippen LogP contribution in [0.1, 0.15) is 30.9 Å². The van der Waals surface area contributed by atoms with E-state index >= 15 is 0 Å². The molecule has 0 spiro atoms. The van der Waals surface area contributed by atoms with Crippen LogP contribution < -0.4 is 5.32 Å². The van der Waals surface area contributed by atoms with Gasteiger partial charge in [0, 0.05) is 17.1 Å². The maximum absolute atomic E-state index is 11.9. The average molecular weight is 392 g/mol. The number of carbonyl (C=O) groups is 2. The molecule has 2 N–H and O–H groups in total. The van der Waals surface area contributed by atoms with Crippen LogP contribution in [0.4, 0.5) is 0 Å². The average Bonchev–Trinajstić information content (AvgIpc) is 2.36. The van der Waals surface area contributed by atoms with Crippen LogP contribution in [0.15, 0.2) is 28.7 Å². The molecule has 1 amide bonds. The summed E-state index contributed by atoms with van der Waals surface area (Å²) in [4.78, 5) is 22.8. The minimum absolute atomic E-state index is 0.0414. The van der Waals surface area contributed by atoms with Gasteiger partial charge in [-0.1, -0.05) is 28.1 Å². The molecule has 0 heterocycles. The van der Waals surface area contributed by atoms with Crippen molar-refractivity contribution in [3.05, 3.63) is 34.3 Å². The first kappa shape index (κ1) is 18.6. The van der Waals surface area contributed by atoms with E-state index in [0.717, 1.165) is 10.7 Å². The van der Waals surface area contributed by atoms with Gasteiger partial charge in [-0.3, -0.25) is 9.59 Å². The third-order valence-electron chi connectivity index (χ3n) is 2.91. The quantitative estimate of drug-likeness (QED) is 0.704. The molecule has 0 aliphatic heterocycles. The monoisotopic (exact) mass is 391 g/mol. The van der Waals surface area contributed by atoms with Gasteiger partial charge in [-0.05, 0) is 24.1 Å². The van der Waals surface area contributed by atoms with Gasteiger partial charge in [0.15, 0.2) is 0 Å². The summed E-state index contributed by atoms with van der Waals surface area (Å²) >= 11 is 3.29. The molecule has 0 saturated carbocycles. The van der Waals surface area contributed by atoms with Gasteiger partial charge in [-0.2, -0.15) is 0 Å². The molecule has 0 aromatic heterocycles. The Morgan fingerprint density at radius 3 is 2.36 bits per heavy atom. The van der Waals surface area contributed by atoms with E-state index in [1.165, 1.54) is 0 Å². The number of sulfone groups is 1. The summed E-state index contributed by atoms with van der Waals surface area (Å²) in [7, 11) is -3.10. The number of amides is 1. The molecule has 0 fully saturated rings. The number of carboxylic acids is 1. The van der Waals surface area contributed by atoms with Gasteiger partial charge in [0.2, 0.25) is 5.91 Å². The second-order valence-corrected chi connectivity index (χ2v) is 8.18. The molecule has 0 saturated heterocycles. The second-order valence-electron chi connectivity index (χ2n) is 5.00. The first-order valence-corrected chi connectivity index (χ1v) is 9.47. The fourth-order valence-electron chi connectivity index (χ4n) is 1.88. The van der Waals surface area contributed by atoms with E-state index in [4.69, 9.17) is 5.11 Å². The summed E-state index contributed by atoms with van der Waals surface area (Å²) in [5, 5.41) is 11.6. The zero-order valence-corrected chi connectivity index (χ0v) is 14.5. The van der Waals surface area contributed by atoms with E-state index in [1.807, 2.05) is 0 Å². The lowest BCUT2D eigenvalue weighted by molar-refractivity contribution is -0.137. The zero-order valence-electron chi connectivity index (χ0n) is 12.1. The van der Waals surface area contributed by atoms with Crippen LogP contribution in [-0.4, -0.2) is 37.4 Å². The number of benzene rings is 1. The normalized spacial score (nSPS) is 12.6. The van der Waals surface area contributed by atoms with Gasteiger partial charge in [0.05, 0.1) is 18.2 Å². The molecule has 1 rings (SSSR count). The Morgan fingerprint density at radius 1 is 1.27 bits per heavy atom. The van der Waals surface area contributed by atoms with Crippen molar-refractivity contribution in [3.8, 4) is 0 Å². The van der Waals surface area contributed by atoms with Crippen molar-refractivity contribution in [3.63, 3.8) is 0 Å². The summed E-state index contributed by atoms with van der Waals surface area (Å²) in [5.74, 6) is -1.45. The molecule has 122 valence electrons. The minimum atomic E-state index is -3.10. The van der Waals surface area contributed by atoms with Gasteiger partial charge in [-0.25, -0.2) is 8.42 Å². The summed E-state index contributed by atoms with van der Waals surface area (Å²) < 4.78 is 22.9. The second kappa shape index (κ2) is 8.28. The third-order valence-corrected chi connectivity index (χ3v) is 4.46. The van der Waals surface area contributed by atoms with E-state index in [0.29, 0.717) is 5.56 Å². The fraction of sp³-hybridized carbons (Fsp3) is 0.429. The standard InChI is InChI=1S/C14H18BrNO5S/c1-22(20,21)8-2-3-13(17)16-12(9-14(18)19)10-4-6-11(15)7-5-10/h4-7,12H,2-3,8-9H2,1H3,(H,16,17)(H,18,19). The highest BCUT2D eigenvalue weighted by Crippen LogP contribution is 2.20. The molecule has 0 radical (unpaired) electrons. The highest BCUT2D eigenvalue weighted by atomic mass is 79.9. The fourth-order valence-corrected chi connectivity index (χ4v) is 2.82. The van der Waals surface area contributed by atoms with Crippen molar-refractivity contribution in [1.82, 2.24) is 5.32 Å². The summed E-state index contributed by atoms with van der Waals surface area (Å²) in [6.45, 7) is 0. The van der Waals surface area contributed by atoms with Gasteiger partial charge in [0.1, 0.15) is 9.84 Å². The molecular formula is C14H18BrNO5S. The molecule has 1 unspecified atom stereocenters. The Labute approximate surface area is 138 Å². The Bertz CT molecular complexity index is 627. The van der Waals surface area contributed by atoms with Crippen LogP contribution in [0.3, 0.4) is 0 Å². The largest absolute Gasteiger partial charge is 0.481 e. The third kappa shape index (κ3) is 7.56. The highest BCUT2D eigenvalue weighted by Gasteiger charge is 2.18. The summed E-state index contributed by atoms with van der Waals surface area (Å²) in [6, 6.07) is 6.35. The van der Waals surface area contributed by atoms with Crippen molar-refractivity contribution in [2.45, 2.75) is 25.3 Å². The predicted molar refractivity (Wildman–Crippen MR) is 86.2 cm³/mol. The Balaban J connectivity index is 2.67. The Morgan fingerprint density at radius 2 is 1.86 bits per heavy atom. The molecule has 1 atom stereocenters. The lowest BCUT2D eigenvalue weighted by atomic mass is 10.0. The van der Waals surface area contributed by atoms with Crippen molar-refractivity contribution < 1.29 is 23.1 Å². The highest BCUT2D eigenvalue weighted by molar-refractivity contribution is 9.10. The van der Waals surface area contributed by atoms with Crippen molar-refractivity contribution in [2.24, 2.45) is 0 Å². The molecule has 6 nitrogen and oxygen atoms in total. The lowest BCUT2D eigenvalue weighted by Crippen LogP contribution is -2.30. The maximum Gasteiger partial charge on any atom is 0.305 e. The molecule has 1 aromatic carbocycles. The van der Waals surface area contributed by atoms with Crippen LogP contribution in [0, 0.1) is 0 Å². The maximum atomic E-state index is 11.9. The van der Waals surface area contributed by atoms with Crippen LogP contribution in [-0.2, 0) is 19.4 Å². The van der Waals surface area contributed by atoms with Crippen LogP contribution in [0.2, 0.25) is 0 Å². The van der Waals surface area contributed by atoms with Crippen LogP contribution in [0.25, 0.3) is 0 Å². The van der Waals surface area contributed by atoms with Gasteiger partial charge < -0.3 is 10.4 Å². The van der Waals surface area contributed by atoms with E-state index in [2.05, 4.69) is 21.2 Å². The molecule has 0 aliphatic rings. The van der Waals surface area contributed by atoms with Gasteiger partial charge in [-0.15, -0.1) is 0 Å². The van der Waals surface area contributed by atoms with Gasteiger partial charge in [0.25, 0.3) is 0 Å². The van der Waals surface area contributed by atoms with Gasteiger partial charge >= 0.3 is 5.97 Å². The SMILES string of the molecule is CS(=O)(=O)CCCC(=O)NC(CC(=O)O)c1ccc(Br)cc1. The number of carbonyl (C=O) groups excluding carboxylic acids is 1. The molecule has 0 bridgehead atoms. The van der Waals surface area contributed by atoms with Crippen LogP contribution in [0.5, 0.6) is 0 Å². The summed E-state index contributed by atoms with van der Waals surface area (Å²) in [6.07, 6.45) is 1.13. The number of carboxylic acid groups (broad SMARTS) is 1. The number of aliphatic carboxylic acids is 1. The Kier molecular flexibility index (Phi) is 7.02. The molecule has 1 aromatic rings. The number of nitrogens with one attached hydrogen (secondary N) is 1. The van der Waals surface area contributed by atoms with E-state index < -0.39 is 21.8 Å². The van der Waals surface area contributed by atoms with Crippen molar-refractivity contribution in [1.29, 1.82) is 0 Å². The predicted octanol–water partition coefficient (Wildman–Crippen LogP) is 1.91. The first-order valence-electron chi connectivity index (χ1n) is 6.62. The van der Waals surface area contributed by atoms with Crippen molar-refractivity contribution in [2.75, 3.05) is 12.0 Å². The number of rotatable bonds is 8. The lowest BCUT2D eigenvalue weighted by Gasteiger charge is -2.17. The topological polar surface area (TPSA) is 101 Å². The smallest absolute Gasteiger partial charge is 0.305 e. The van der Waals surface area contributed by atoms with E-state index in [1.54, 1.807) is 24.3 Å².